The van der Waals surface area contributed by atoms with Gasteiger partial charge in [0, 0.05) is 6.54 Å². The van der Waals surface area contributed by atoms with Gasteiger partial charge >= 0.3 is 6.98 Å². The summed E-state index contributed by atoms with van der Waals surface area (Å²) < 4.78 is 36.9. The number of rotatable bonds is 4. The van der Waals surface area contributed by atoms with E-state index in [2.05, 4.69) is 20.4 Å². The molecule has 1 nitrogen and oxygen atoms in total. The van der Waals surface area contributed by atoms with Crippen molar-refractivity contribution in [1.29, 1.82) is 0 Å². The fraction of sp³-hybridized carbons (Fsp3) is 0.800. The molecule has 1 rings (SSSR count). The lowest BCUT2D eigenvalue weighted by atomic mass is 9.80. The summed E-state index contributed by atoms with van der Waals surface area (Å²) in [6, 6.07) is 0. The van der Waals surface area contributed by atoms with Crippen LogP contribution in [0.3, 0.4) is 0 Å². The van der Waals surface area contributed by atoms with Gasteiger partial charge in [0.05, 0.1) is 0 Å². The van der Waals surface area contributed by atoms with Gasteiger partial charge in [0.1, 0.15) is 0 Å². The molecule has 1 saturated heterocycles. The molecule has 1 aliphatic heterocycles. The SMILES string of the molecule is C=C(CN1CCC(C(C)C)C1)[B-](F)(F)F. The minimum absolute atomic E-state index is 0.00722. The number of hydrogen-bond donors (Lipinski definition) is 0. The Hall–Kier alpha value is -0.445. The van der Waals surface area contributed by atoms with Gasteiger partial charge in [-0.2, -0.15) is 0 Å². The van der Waals surface area contributed by atoms with Gasteiger partial charge in [0.25, 0.3) is 0 Å². The van der Waals surface area contributed by atoms with Gasteiger partial charge in [-0.3, -0.25) is 0 Å². The van der Waals surface area contributed by atoms with E-state index < -0.39 is 12.4 Å². The molecule has 0 radical (unpaired) electrons. The Morgan fingerprint density at radius 1 is 1.47 bits per heavy atom. The zero-order chi connectivity index (χ0) is 11.6. The first-order valence-corrected chi connectivity index (χ1v) is 5.40. The van der Waals surface area contributed by atoms with Gasteiger partial charge < -0.3 is 17.8 Å². The lowest BCUT2D eigenvalue weighted by molar-refractivity contribution is 0.321. The van der Waals surface area contributed by atoms with Crippen LogP contribution < -0.4 is 0 Å². The molecule has 0 spiro atoms. The van der Waals surface area contributed by atoms with Gasteiger partial charge in [0.15, 0.2) is 0 Å². The second-order valence-electron chi connectivity index (χ2n) is 4.76. The first kappa shape index (κ1) is 12.6. The molecule has 1 atom stereocenters. The van der Waals surface area contributed by atoms with Crippen molar-refractivity contribution in [2.75, 3.05) is 19.6 Å². The molecule has 0 aliphatic carbocycles. The van der Waals surface area contributed by atoms with Crippen LogP contribution in [0.2, 0.25) is 0 Å². The molecule has 0 N–H and O–H groups in total. The highest BCUT2D eigenvalue weighted by Crippen LogP contribution is 2.26. The largest absolute Gasteiger partial charge is 0.506 e. The summed E-state index contributed by atoms with van der Waals surface area (Å²) >= 11 is 0. The topological polar surface area (TPSA) is 3.24 Å². The van der Waals surface area contributed by atoms with Gasteiger partial charge in [0.2, 0.25) is 0 Å². The maximum Gasteiger partial charge on any atom is 0.506 e. The van der Waals surface area contributed by atoms with Crippen LogP contribution in [0.15, 0.2) is 12.1 Å². The molecule has 1 fully saturated rings. The standard InChI is InChI=1S/C10H18BF3N/c1-8(2)10-4-5-15(7-10)6-9(3)11(12,13)14/h8,10H,3-7H2,1-2H3/q-1. The molecule has 15 heavy (non-hydrogen) atoms. The Labute approximate surface area is 89.4 Å². The summed E-state index contributed by atoms with van der Waals surface area (Å²) in [5, 5.41) is 0. The maximum absolute atomic E-state index is 12.3. The average Bonchev–Trinajstić information content (AvgIpc) is 2.50. The van der Waals surface area contributed by atoms with E-state index in [0.717, 1.165) is 19.5 Å². The van der Waals surface area contributed by atoms with E-state index in [-0.39, 0.29) is 6.54 Å². The third-order valence-electron chi connectivity index (χ3n) is 3.14. The van der Waals surface area contributed by atoms with Crippen molar-refractivity contribution in [3.8, 4) is 0 Å². The van der Waals surface area contributed by atoms with Crippen molar-refractivity contribution >= 4 is 6.98 Å². The average molecular weight is 220 g/mol. The summed E-state index contributed by atoms with van der Waals surface area (Å²) in [6.45, 7) is 4.05. The van der Waals surface area contributed by atoms with Crippen molar-refractivity contribution < 1.29 is 12.9 Å². The van der Waals surface area contributed by atoms with E-state index in [0.29, 0.717) is 11.8 Å². The number of hydrogen-bond acceptors (Lipinski definition) is 1. The van der Waals surface area contributed by atoms with Crippen LogP contribution in [0.4, 0.5) is 12.9 Å². The quantitative estimate of drug-likeness (QED) is 0.658. The van der Waals surface area contributed by atoms with E-state index in [1.165, 1.54) is 0 Å². The molecule has 5 heteroatoms. The summed E-state index contributed by atoms with van der Waals surface area (Å²) in [6.07, 6.45) is 1.01. The van der Waals surface area contributed by atoms with Crippen LogP contribution in [0.1, 0.15) is 20.3 Å². The van der Waals surface area contributed by atoms with Crippen LogP contribution in [0.5, 0.6) is 0 Å². The van der Waals surface area contributed by atoms with E-state index >= 15 is 0 Å². The Morgan fingerprint density at radius 3 is 2.47 bits per heavy atom. The van der Waals surface area contributed by atoms with E-state index in [1.807, 2.05) is 4.90 Å². The predicted octanol–water partition coefficient (Wildman–Crippen LogP) is 2.91. The highest BCUT2D eigenvalue weighted by atomic mass is 19.4. The van der Waals surface area contributed by atoms with Gasteiger partial charge in [-0.25, -0.2) is 0 Å². The zero-order valence-corrected chi connectivity index (χ0v) is 9.35. The monoisotopic (exact) mass is 220 g/mol. The highest BCUT2D eigenvalue weighted by molar-refractivity contribution is 6.66. The van der Waals surface area contributed by atoms with Crippen LogP contribution in [-0.2, 0) is 0 Å². The summed E-state index contributed by atoms with van der Waals surface area (Å²) in [5.41, 5.74) is -0.570. The van der Waals surface area contributed by atoms with E-state index in [1.54, 1.807) is 0 Å². The van der Waals surface area contributed by atoms with Crippen LogP contribution in [0, 0.1) is 11.8 Å². The minimum Gasteiger partial charge on any atom is -0.445 e. The van der Waals surface area contributed by atoms with Crippen molar-refractivity contribution in [2.45, 2.75) is 20.3 Å². The van der Waals surface area contributed by atoms with E-state index in [9.17, 15) is 12.9 Å². The molecule has 1 unspecified atom stereocenters. The number of likely N-dealkylation sites (tertiary alicyclic amines) is 1. The zero-order valence-electron chi connectivity index (χ0n) is 9.35. The lowest BCUT2D eigenvalue weighted by Gasteiger charge is -2.24. The van der Waals surface area contributed by atoms with Crippen molar-refractivity contribution in [2.24, 2.45) is 11.8 Å². The first-order valence-electron chi connectivity index (χ1n) is 5.40. The Morgan fingerprint density at radius 2 is 2.07 bits per heavy atom. The van der Waals surface area contributed by atoms with Crippen LogP contribution >= 0.6 is 0 Å². The van der Waals surface area contributed by atoms with Gasteiger partial charge in [-0.05, 0) is 31.3 Å². The van der Waals surface area contributed by atoms with Crippen LogP contribution in [0.25, 0.3) is 0 Å². The fourth-order valence-corrected chi connectivity index (χ4v) is 1.94. The van der Waals surface area contributed by atoms with E-state index in [4.69, 9.17) is 0 Å². The van der Waals surface area contributed by atoms with Crippen LogP contribution in [-0.4, -0.2) is 31.5 Å². The maximum atomic E-state index is 12.3. The number of nitrogens with zero attached hydrogens (tertiary/aromatic N) is 1. The Bertz CT molecular complexity index is 237. The second-order valence-corrected chi connectivity index (χ2v) is 4.76. The summed E-state index contributed by atoms with van der Waals surface area (Å²) in [7, 11) is 0. The predicted molar refractivity (Wildman–Crippen MR) is 57.6 cm³/mol. The highest BCUT2D eigenvalue weighted by Gasteiger charge is 2.31. The molecule has 0 bridgehead atoms. The third kappa shape index (κ3) is 3.56. The minimum atomic E-state index is -4.86. The molecule has 0 aromatic rings. The first-order chi connectivity index (χ1) is 6.80. The molecule has 1 heterocycles. The molecular formula is C10H18BF3N-. The summed E-state index contributed by atoms with van der Waals surface area (Å²) in [5.74, 6) is 1.10. The fourth-order valence-electron chi connectivity index (χ4n) is 1.94. The number of halogens is 3. The van der Waals surface area contributed by atoms with Crippen molar-refractivity contribution in [1.82, 2.24) is 4.90 Å². The molecule has 88 valence electrons. The molecule has 0 aromatic carbocycles. The molecule has 1 aliphatic rings. The smallest absolute Gasteiger partial charge is 0.445 e. The lowest BCUT2D eigenvalue weighted by Crippen LogP contribution is -2.31. The molecule has 0 aromatic heterocycles. The summed E-state index contributed by atoms with van der Waals surface area (Å²) in [4.78, 5) is 1.86. The molecule has 0 saturated carbocycles. The van der Waals surface area contributed by atoms with Crippen molar-refractivity contribution in [3.05, 3.63) is 12.1 Å². The third-order valence-corrected chi connectivity index (χ3v) is 3.14. The van der Waals surface area contributed by atoms with Gasteiger partial charge in [-0.15, -0.1) is 12.1 Å². The Balaban J connectivity index is 2.40. The van der Waals surface area contributed by atoms with Gasteiger partial charge in [-0.1, -0.05) is 13.8 Å². The molecule has 0 amide bonds. The molecular weight excluding hydrogens is 202 g/mol. The Kier molecular flexibility index (Phi) is 3.87. The van der Waals surface area contributed by atoms with Crippen molar-refractivity contribution in [3.63, 3.8) is 0 Å². The second kappa shape index (κ2) is 4.60. The normalized spacial score (nSPS) is 23.7.